The van der Waals surface area contributed by atoms with Crippen molar-refractivity contribution >= 4 is 0 Å². The van der Waals surface area contributed by atoms with Crippen LogP contribution in [0.4, 0.5) is 0 Å². The van der Waals surface area contributed by atoms with Crippen LogP contribution >= 0.6 is 0 Å². The Balaban J connectivity index is 0.000000225. The summed E-state index contributed by atoms with van der Waals surface area (Å²) < 4.78 is 9.96. The van der Waals surface area contributed by atoms with Crippen molar-refractivity contribution in [2.45, 2.75) is 46.3 Å². The number of hydrogen-bond acceptors (Lipinski definition) is 2. The summed E-state index contributed by atoms with van der Waals surface area (Å²) in [7, 11) is 0. The summed E-state index contributed by atoms with van der Waals surface area (Å²) in [5.41, 5.74) is 0. The van der Waals surface area contributed by atoms with Gasteiger partial charge >= 0.3 is 0 Å². The normalized spacial score (nSPS) is 31.1. The van der Waals surface area contributed by atoms with Crippen molar-refractivity contribution in [3.63, 3.8) is 0 Å². The smallest absolute Gasteiger partial charge is 0.0835 e. The number of ether oxygens (including phenoxy) is 2. The van der Waals surface area contributed by atoms with Gasteiger partial charge in [0.1, 0.15) is 0 Å². The van der Waals surface area contributed by atoms with Crippen LogP contribution in [0.3, 0.4) is 0 Å². The molecule has 0 radical (unpaired) electrons. The largest absolute Gasteiger partial charge is 0.373 e. The first-order valence-corrected chi connectivity index (χ1v) is 4.10. The topological polar surface area (TPSA) is 25.1 Å². The molecule has 2 heteroatoms. The van der Waals surface area contributed by atoms with Crippen LogP contribution in [0.15, 0.2) is 0 Å². The first-order chi connectivity index (χ1) is 4.86. The quantitative estimate of drug-likeness (QED) is 0.579. The molecule has 2 nitrogen and oxygen atoms in total. The van der Waals surface area contributed by atoms with Gasteiger partial charge in [-0.05, 0) is 0 Å². The number of hydrogen-bond donors (Lipinski definition) is 0. The SMILES string of the molecule is C.C1OC1CC1CO1.CCC. The van der Waals surface area contributed by atoms with Gasteiger partial charge in [-0.1, -0.05) is 27.7 Å². The molecule has 0 N–H and O–H groups in total. The van der Waals surface area contributed by atoms with E-state index in [1.165, 1.54) is 6.42 Å². The van der Waals surface area contributed by atoms with Gasteiger partial charge in [-0.15, -0.1) is 0 Å². The molecule has 0 aromatic heterocycles. The van der Waals surface area contributed by atoms with Gasteiger partial charge in [0.25, 0.3) is 0 Å². The molecule has 0 aliphatic carbocycles. The van der Waals surface area contributed by atoms with E-state index in [9.17, 15) is 0 Å². The molecule has 0 saturated carbocycles. The Labute approximate surface area is 69.9 Å². The van der Waals surface area contributed by atoms with Gasteiger partial charge in [0, 0.05) is 6.42 Å². The van der Waals surface area contributed by atoms with Gasteiger partial charge < -0.3 is 9.47 Å². The first kappa shape index (κ1) is 10.9. The second kappa shape index (κ2) is 5.56. The fourth-order valence-electron chi connectivity index (χ4n) is 0.701. The number of rotatable bonds is 2. The van der Waals surface area contributed by atoms with E-state index in [1.54, 1.807) is 0 Å². The Hall–Kier alpha value is -0.0800. The summed E-state index contributed by atoms with van der Waals surface area (Å²) in [5.74, 6) is 0. The highest BCUT2D eigenvalue weighted by atomic mass is 16.6. The highest BCUT2D eigenvalue weighted by molar-refractivity contribution is 4.79. The lowest BCUT2D eigenvalue weighted by Crippen LogP contribution is -1.90. The van der Waals surface area contributed by atoms with Crippen molar-refractivity contribution in [3.8, 4) is 0 Å². The van der Waals surface area contributed by atoms with E-state index in [0.29, 0.717) is 12.2 Å². The van der Waals surface area contributed by atoms with Crippen LogP contribution in [0.1, 0.15) is 34.1 Å². The maximum atomic E-state index is 4.98. The molecule has 0 bridgehead atoms. The summed E-state index contributed by atoms with van der Waals surface area (Å²) in [6.45, 7) is 6.19. The number of epoxide rings is 2. The van der Waals surface area contributed by atoms with E-state index < -0.39 is 0 Å². The molecule has 0 amide bonds. The van der Waals surface area contributed by atoms with Crippen LogP contribution < -0.4 is 0 Å². The monoisotopic (exact) mass is 160 g/mol. The maximum Gasteiger partial charge on any atom is 0.0835 e. The maximum absolute atomic E-state index is 4.98. The summed E-state index contributed by atoms with van der Waals surface area (Å²) in [6.07, 6.45) is 3.51. The van der Waals surface area contributed by atoms with Gasteiger partial charge in [0.05, 0.1) is 25.4 Å². The van der Waals surface area contributed by atoms with E-state index in [4.69, 9.17) is 9.47 Å². The Morgan fingerprint density at radius 1 is 1.09 bits per heavy atom. The molecule has 68 valence electrons. The van der Waals surface area contributed by atoms with E-state index in [2.05, 4.69) is 13.8 Å². The molecule has 0 aromatic carbocycles. The average Bonchev–Trinajstić information content (AvgIpc) is 2.66. The second-order valence-corrected chi connectivity index (χ2v) is 2.85. The van der Waals surface area contributed by atoms with E-state index >= 15 is 0 Å². The third-order valence-corrected chi connectivity index (χ3v) is 1.33. The molecule has 2 saturated heterocycles. The van der Waals surface area contributed by atoms with Crippen LogP contribution in [0, 0.1) is 0 Å². The fourth-order valence-corrected chi connectivity index (χ4v) is 0.701. The molecule has 2 rings (SSSR count). The van der Waals surface area contributed by atoms with Crippen LogP contribution in [-0.4, -0.2) is 25.4 Å². The van der Waals surface area contributed by atoms with Gasteiger partial charge in [0.2, 0.25) is 0 Å². The van der Waals surface area contributed by atoms with E-state index in [-0.39, 0.29) is 7.43 Å². The van der Waals surface area contributed by atoms with Crippen LogP contribution in [0.25, 0.3) is 0 Å². The standard InChI is InChI=1S/C5H8O2.C3H8.CH4/c1(4-2-6-4)5-3-7-5;1-3-2;/h4-5H,1-3H2;3H2,1-2H3;1H4. The molecule has 2 fully saturated rings. The predicted octanol–water partition coefficient (Wildman–Crippen LogP) is 2.23. The lowest BCUT2D eigenvalue weighted by atomic mass is 10.3. The lowest BCUT2D eigenvalue weighted by Gasteiger charge is -1.80. The Kier molecular flexibility index (Phi) is 5.51. The highest BCUT2D eigenvalue weighted by Gasteiger charge is 2.32. The summed E-state index contributed by atoms with van der Waals surface area (Å²) in [6, 6.07) is 0. The molecule has 11 heavy (non-hydrogen) atoms. The van der Waals surface area contributed by atoms with Crippen LogP contribution in [-0.2, 0) is 9.47 Å². The van der Waals surface area contributed by atoms with Crippen molar-refractivity contribution in [1.29, 1.82) is 0 Å². The highest BCUT2D eigenvalue weighted by Crippen LogP contribution is 2.23. The van der Waals surface area contributed by atoms with Crippen molar-refractivity contribution in [2.24, 2.45) is 0 Å². The fraction of sp³-hybridized carbons (Fsp3) is 1.00. The summed E-state index contributed by atoms with van der Waals surface area (Å²) in [4.78, 5) is 0. The molecule has 2 aliphatic rings. The zero-order chi connectivity index (χ0) is 7.40. The van der Waals surface area contributed by atoms with Crippen molar-refractivity contribution in [1.82, 2.24) is 0 Å². The van der Waals surface area contributed by atoms with Crippen molar-refractivity contribution in [3.05, 3.63) is 0 Å². The minimum absolute atomic E-state index is 0. The Bertz CT molecular complexity index is 75.6. The first-order valence-electron chi connectivity index (χ1n) is 4.10. The summed E-state index contributed by atoms with van der Waals surface area (Å²) >= 11 is 0. The molecule has 2 unspecified atom stereocenters. The zero-order valence-corrected chi connectivity index (χ0v) is 6.80. The average molecular weight is 160 g/mol. The van der Waals surface area contributed by atoms with Gasteiger partial charge in [-0.3, -0.25) is 0 Å². The molecular weight excluding hydrogens is 140 g/mol. The molecule has 0 aromatic rings. The molecule has 2 atom stereocenters. The lowest BCUT2D eigenvalue weighted by molar-refractivity contribution is 0.344. The summed E-state index contributed by atoms with van der Waals surface area (Å²) in [5, 5.41) is 0. The molecule has 2 aliphatic heterocycles. The third-order valence-electron chi connectivity index (χ3n) is 1.33. The van der Waals surface area contributed by atoms with Crippen LogP contribution in [0.2, 0.25) is 0 Å². The second-order valence-electron chi connectivity index (χ2n) is 2.85. The minimum atomic E-state index is 0. The van der Waals surface area contributed by atoms with Crippen LogP contribution in [0.5, 0.6) is 0 Å². The van der Waals surface area contributed by atoms with Gasteiger partial charge in [0.15, 0.2) is 0 Å². The Morgan fingerprint density at radius 3 is 1.55 bits per heavy atom. The zero-order valence-electron chi connectivity index (χ0n) is 6.80. The van der Waals surface area contributed by atoms with E-state index in [1.807, 2.05) is 0 Å². The van der Waals surface area contributed by atoms with E-state index in [0.717, 1.165) is 19.6 Å². The third kappa shape index (κ3) is 6.32. The van der Waals surface area contributed by atoms with Crippen molar-refractivity contribution < 1.29 is 9.47 Å². The molecular formula is C9H20O2. The molecule has 0 spiro atoms. The van der Waals surface area contributed by atoms with Gasteiger partial charge in [-0.25, -0.2) is 0 Å². The molecule has 2 heterocycles. The Morgan fingerprint density at radius 2 is 1.36 bits per heavy atom. The minimum Gasteiger partial charge on any atom is -0.373 e. The predicted molar refractivity (Wildman–Crippen MR) is 46.8 cm³/mol. The van der Waals surface area contributed by atoms with Gasteiger partial charge in [-0.2, -0.15) is 0 Å². The van der Waals surface area contributed by atoms with Crippen molar-refractivity contribution in [2.75, 3.05) is 13.2 Å².